The van der Waals surface area contributed by atoms with Crippen molar-refractivity contribution in [2.75, 3.05) is 7.11 Å². The number of thiophene rings is 1. The third-order valence-electron chi connectivity index (χ3n) is 3.93. The first-order valence-electron chi connectivity index (χ1n) is 8.92. The van der Waals surface area contributed by atoms with Crippen molar-refractivity contribution in [2.45, 2.75) is 32.9 Å². The summed E-state index contributed by atoms with van der Waals surface area (Å²) >= 11 is 1.31. The number of aromatic nitrogens is 2. The molecule has 2 heterocycles. The molecule has 0 saturated carbocycles. The van der Waals surface area contributed by atoms with E-state index in [-0.39, 0.29) is 12.1 Å². The van der Waals surface area contributed by atoms with E-state index in [1.807, 2.05) is 30.3 Å². The predicted molar refractivity (Wildman–Crippen MR) is 112 cm³/mol. The van der Waals surface area contributed by atoms with E-state index in [1.165, 1.54) is 22.2 Å². The summed E-state index contributed by atoms with van der Waals surface area (Å²) in [6.45, 7) is 5.11. The molecule has 0 aliphatic carbocycles. The van der Waals surface area contributed by atoms with Gasteiger partial charge in [-0.15, -0.1) is 11.3 Å². The van der Waals surface area contributed by atoms with Crippen LogP contribution in [0, 0.1) is 0 Å². The van der Waals surface area contributed by atoms with Gasteiger partial charge in [0.05, 0.1) is 19.0 Å². The Bertz CT molecular complexity index is 1110. The van der Waals surface area contributed by atoms with Crippen molar-refractivity contribution in [1.29, 1.82) is 0 Å². The molecule has 0 aliphatic rings. The van der Waals surface area contributed by atoms with Gasteiger partial charge in [0.1, 0.15) is 17.0 Å². The van der Waals surface area contributed by atoms with Gasteiger partial charge in [-0.3, -0.25) is 19.5 Å². The Balaban J connectivity index is 1.80. The standard InChI is InChI=1S/C20H22N4O4S/c1-20(2,3)23-19(27)22-16(25)10-24-11-21-14-9-15(29-17(14)18(24)26)12-5-7-13(28-4)8-6-12/h5-9,11H,10H2,1-4H3,(H2,22,23,25,27). The van der Waals surface area contributed by atoms with Crippen LogP contribution in [0.5, 0.6) is 5.75 Å². The number of amides is 3. The molecule has 0 unspecified atom stereocenters. The van der Waals surface area contributed by atoms with Crippen LogP contribution in [-0.4, -0.2) is 34.1 Å². The van der Waals surface area contributed by atoms with E-state index in [2.05, 4.69) is 15.6 Å². The molecule has 0 radical (unpaired) electrons. The first-order chi connectivity index (χ1) is 13.7. The van der Waals surface area contributed by atoms with Crippen LogP contribution in [0.15, 0.2) is 41.5 Å². The second-order valence-corrected chi connectivity index (χ2v) is 8.54. The van der Waals surface area contributed by atoms with Gasteiger partial charge in [-0.05, 0) is 56.7 Å². The molecule has 9 heteroatoms. The van der Waals surface area contributed by atoms with E-state index in [0.29, 0.717) is 10.2 Å². The number of benzene rings is 1. The molecule has 3 rings (SSSR count). The summed E-state index contributed by atoms with van der Waals surface area (Å²) in [6, 6.07) is 8.73. The number of hydrogen-bond donors (Lipinski definition) is 2. The zero-order valence-corrected chi connectivity index (χ0v) is 17.4. The second kappa shape index (κ2) is 8.04. The molecule has 0 aliphatic heterocycles. The van der Waals surface area contributed by atoms with Crippen molar-refractivity contribution in [3.63, 3.8) is 0 Å². The van der Waals surface area contributed by atoms with E-state index in [1.54, 1.807) is 27.9 Å². The fraction of sp³-hybridized carbons (Fsp3) is 0.300. The van der Waals surface area contributed by atoms with Crippen molar-refractivity contribution < 1.29 is 14.3 Å². The average Bonchev–Trinajstić information content (AvgIpc) is 3.07. The van der Waals surface area contributed by atoms with Crippen molar-refractivity contribution >= 4 is 33.5 Å². The average molecular weight is 414 g/mol. The third-order valence-corrected chi connectivity index (χ3v) is 5.10. The predicted octanol–water partition coefficient (Wildman–Crippen LogP) is 2.76. The molecule has 8 nitrogen and oxygen atoms in total. The quantitative estimate of drug-likeness (QED) is 0.683. The number of carbonyl (C=O) groups excluding carboxylic acids is 2. The maximum atomic E-state index is 12.8. The van der Waals surface area contributed by atoms with E-state index in [0.717, 1.165) is 16.2 Å². The van der Waals surface area contributed by atoms with Gasteiger partial charge in [0.25, 0.3) is 5.56 Å². The third kappa shape index (κ3) is 5.00. The largest absolute Gasteiger partial charge is 0.497 e. The maximum absolute atomic E-state index is 12.8. The van der Waals surface area contributed by atoms with E-state index in [4.69, 9.17) is 4.74 Å². The number of ether oxygens (including phenoxy) is 1. The molecule has 0 fully saturated rings. The Labute approximate surface area is 171 Å². The molecule has 2 N–H and O–H groups in total. The molecule has 3 aromatic rings. The van der Waals surface area contributed by atoms with Gasteiger partial charge in [-0.1, -0.05) is 0 Å². The summed E-state index contributed by atoms with van der Waals surface area (Å²) < 4.78 is 6.80. The van der Waals surface area contributed by atoms with Crippen LogP contribution in [0.3, 0.4) is 0 Å². The monoisotopic (exact) mass is 414 g/mol. The topological polar surface area (TPSA) is 102 Å². The lowest BCUT2D eigenvalue weighted by Gasteiger charge is -2.20. The highest BCUT2D eigenvalue weighted by Crippen LogP contribution is 2.31. The van der Waals surface area contributed by atoms with E-state index in [9.17, 15) is 14.4 Å². The van der Waals surface area contributed by atoms with Gasteiger partial charge in [-0.2, -0.15) is 0 Å². The Morgan fingerprint density at radius 1 is 1.21 bits per heavy atom. The SMILES string of the molecule is COc1ccc(-c2cc3ncn(CC(=O)NC(=O)NC(C)(C)C)c(=O)c3s2)cc1. The molecule has 0 atom stereocenters. The highest BCUT2D eigenvalue weighted by Gasteiger charge is 2.17. The lowest BCUT2D eigenvalue weighted by Crippen LogP contribution is -2.49. The number of rotatable bonds is 4. The van der Waals surface area contributed by atoms with Crippen LogP contribution in [-0.2, 0) is 11.3 Å². The van der Waals surface area contributed by atoms with Gasteiger partial charge < -0.3 is 10.1 Å². The van der Waals surface area contributed by atoms with Crippen LogP contribution in [0.2, 0.25) is 0 Å². The fourth-order valence-electron chi connectivity index (χ4n) is 2.65. The number of urea groups is 1. The van der Waals surface area contributed by atoms with Gasteiger partial charge in [0.15, 0.2) is 0 Å². The van der Waals surface area contributed by atoms with Crippen LogP contribution < -0.4 is 20.9 Å². The molecule has 0 spiro atoms. The maximum Gasteiger partial charge on any atom is 0.321 e. The minimum atomic E-state index is -0.609. The van der Waals surface area contributed by atoms with Crippen LogP contribution >= 0.6 is 11.3 Å². The van der Waals surface area contributed by atoms with Gasteiger partial charge >= 0.3 is 6.03 Å². The highest BCUT2D eigenvalue weighted by molar-refractivity contribution is 7.22. The molecule has 0 saturated heterocycles. The Morgan fingerprint density at radius 3 is 2.52 bits per heavy atom. The van der Waals surface area contributed by atoms with Gasteiger partial charge in [-0.25, -0.2) is 9.78 Å². The van der Waals surface area contributed by atoms with Crippen LogP contribution in [0.25, 0.3) is 20.7 Å². The van der Waals surface area contributed by atoms with E-state index < -0.39 is 17.5 Å². The van der Waals surface area contributed by atoms with Crippen molar-refractivity contribution in [3.05, 3.63) is 47.0 Å². The molecule has 0 bridgehead atoms. The Kier molecular flexibility index (Phi) is 5.69. The molecular formula is C20H22N4O4S. The van der Waals surface area contributed by atoms with Gasteiger partial charge in [0, 0.05) is 10.4 Å². The second-order valence-electron chi connectivity index (χ2n) is 7.48. The summed E-state index contributed by atoms with van der Waals surface area (Å²) in [5, 5.41) is 4.85. The molecule has 2 aromatic heterocycles. The Hall–Kier alpha value is -3.20. The summed E-state index contributed by atoms with van der Waals surface area (Å²) in [5.41, 5.74) is 0.701. The van der Waals surface area contributed by atoms with E-state index >= 15 is 0 Å². The number of carbonyl (C=O) groups is 2. The molecular weight excluding hydrogens is 392 g/mol. The first-order valence-corrected chi connectivity index (χ1v) is 9.73. The summed E-state index contributed by atoms with van der Waals surface area (Å²) in [6.07, 6.45) is 1.32. The molecule has 3 amide bonds. The number of methoxy groups -OCH3 is 1. The number of imide groups is 1. The van der Waals surface area contributed by atoms with Crippen LogP contribution in [0.4, 0.5) is 4.79 Å². The zero-order chi connectivity index (χ0) is 21.2. The summed E-state index contributed by atoms with van der Waals surface area (Å²) in [5.74, 6) is 0.152. The van der Waals surface area contributed by atoms with Gasteiger partial charge in [0.2, 0.25) is 5.91 Å². The molecule has 29 heavy (non-hydrogen) atoms. The number of fused-ring (bicyclic) bond motifs is 1. The normalized spacial score (nSPS) is 11.3. The minimum absolute atomic E-state index is 0.297. The van der Waals surface area contributed by atoms with Crippen molar-refractivity contribution in [2.24, 2.45) is 0 Å². The zero-order valence-electron chi connectivity index (χ0n) is 16.6. The van der Waals surface area contributed by atoms with Crippen molar-refractivity contribution in [1.82, 2.24) is 20.2 Å². The van der Waals surface area contributed by atoms with Crippen LogP contribution in [0.1, 0.15) is 20.8 Å². The van der Waals surface area contributed by atoms with Crippen molar-refractivity contribution in [3.8, 4) is 16.2 Å². The highest BCUT2D eigenvalue weighted by atomic mass is 32.1. The fourth-order valence-corrected chi connectivity index (χ4v) is 3.71. The molecule has 1 aromatic carbocycles. The number of nitrogens with zero attached hydrogens (tertiary/aromatic N) is 2. The first kappa shape index (κ1) is 20.5. The lowest BCUT2D eigenvalue weighted by atomic mass is 10.1. The minimum Gasteiger partial charge on any atom is -0.497 e. The number of hydrogen-bond acceptors (Lipinski definition) is 6. The lowest BCUT2D eigenvalue weighted by molar-refractivity contribution is -0.120. The summed E-state index contributed by atoms with van der Waals surface area (Å²) in [4.78, 5) is 41.9. The number of nitrogens with one attached hydrogen (secondary N) is 2. The smallest absolute Gasteiger partial charge is 0.321 e. The Morgan fingerprint density at radius 2 is 1.90 bits per heavy atom. The molecule has 152 valence electrons. The summed E-state index contributed by atoms with van der Waals surface area (Å²) in [7, 11) is 1.60.